The number of aryl methyl sites for hydroxylation is 1. The van der Waals surface area contributed by atoms with Gasteiger partial charge >= 0.3 is 0 Å². The fraction of sp³-hybridized carbons (Fsp3) is 0.350. The third kappa shape index (κ3) is 7.23. The molecule has 1 aromatic carbocycles. The van der Waals surface area contributed by atoms with Crippen LogP contribution in [-0.2, 0) is 19.5 Å². The molecule has 3 aromatic rings. The smallest absolute Gasteiger partial charge is 0.191 e. The molecular weight excluding hydrogens is 483 g/mol. The Labute approximate surface area is 187 Å². The number of hydrogen-bond donors (Lipinski definition) is 2. The number of benzene rings is 1. The highest BCUT2D eigenvalue weighted by molar-refractivity contribution is 14.0. The maximum atomic E-state index is 4.71. The number of nitrogens with one attached hydrogen (secondary N) is 2. The molecule has 0 saturated carbocycles. The molecule has 8 heteroatoms. The van der Waals surface area contributed by atoms with E-state index in [0.717, 1.165) is 37.0 Å². The van der Waals surface area contributed by atoms with Crippen LogP contribution in [0.4, 0.5) is 0 Å². The molecule has 3 rings (SSSR count). The summed E-state index contributed by atoms with van der Waals surface area (Å²) in [6.07, 6.45) is 6.61. The standard InChI is InChI=1S/C20H26N6S.HI/c1-3-21-20(22-10-8-19-23-13-16(2)27-19)24-14-17-6-4-7-18(12-17)15-26-11-5-9-25-26;/h4-7,9,11-13H,3,8,10,14-15H2,1-2H3,(H2,21,22,24);1H. The summed E-state index contributed by atoms with van der Waals surface area (Å²) in [5, 5.41) is 12.1. The molecule has 150 valence electrons. The molecular formula is C20H27IN6S. The highest BCUT2D eigenvalue weighted by Gasteiger charge is 2.02. The minimum Gasteiger partial charge on any atom is -0.357 e. The Balaban J connectivity index is 0.00000280. The summed E-state index contributed by atoms with van der Waals surface area (Å²) in [7, 11) is 0. The lowest BCUT2D eigenvalue weighted by Gasteiger charge is -2.11. The van der Waals surface area contributed by atoms with Gasteiger partial charge in [0, 0.05) is 43.0 Å². The lowest BCUT2D eigenvalue weighted by Crippen LogP contribution is -2.38. The summed E-state index contributed by atoms with van der Waals surface area (Å²) in [6.45, 7) is 7.22. The van der Waals surface area contributed by atoms with Crippen LogP contribution in [-0.4, -0.2) is 33.8 Å². The number of guanidine groups is 1. The Kier molecular flexibility index (Phi) is 9.42. The number of hydrogen-bond acceptors (Lipinski definition) is 4. The molecule has 2 heterocycles. The molecule has 0 aliphatic carbocycles. The molecule has 0 aliphatic rings. The molecule has 0 aliphatic heterocycles. The monoisotopic (exact) mass is 510 g/mol. The fourth-order valence-corrected chi connectivity index (χ4v) is 3.51. The summed E-state index contributed by atoms with van der Waals surface area (Å²) >= 11 is 1.75. The Morgan fingerprint density at radius 2 is 2.07 bits per heavy atom. The van der Waals surface area contributed by atoms with Gasteiger partial charge in [0.25, 0.3) is 0 Å². The average Bonchev–Trinajstić information content (AvgIpc) is 3.32. The summed E-state index contributed by atoms with van der Waals surface area (Å²) in [4.78, 5) is 10.4. The van der Waals surface area contributed by atoms with Gasteiger partial charge in [0.05, 0.1) is 18.1 Å². The number of aromatic nitrogens is 3. The Bertz CT molecular complexity index is 859. The lowest BCUT2D eigenvalue weighted by molar-refractivity contribution is 0.686. The Hall–Kier alpha value is -1.94. The number of nitrogens with zero attached hydrogens (tertiary/aromatic N) is 4. The van der Waals surface area contributed by atoms with Crippen LogP contribution in [0.25, 0.3) is 0 Å². The van der Waals surface area contributed by atoms with Crippen LogP contribution in [0.5, 0.6) is 0 Å². The molecule has 0 unspecified atom stereocenters. The number of thiazole rings is 1. The quantitative estimate of drug-likeness (QED) is 0.276. The van der Waals surface area contributed by atoms with Crippen LogP contribution >= 0.6 is 35.3 Å². The van der Waals surface area contributed by atoms with Crippen LogP contribution in [0.2, 0.25) is 0 Å². The maximum absolute atomic E-state index is 4.71. The molecule has 2 aromatic heterocycles. The first-order valence-corrected chi connectivity index (χ1v) is 10.0. The predicted octanol–water partition coefficient (Wildman–Crippen LogP) is 3.61. The van der Waals surface area contributed by atoms with Gasteiger partial charge in [0.15, 0.2) is 5.96 Å². The van der Waals surface area contributed by atoms with Crippen LogP contribution in [0.3, 0.4) is 0 Å². The van der Waals surface area contributed by atoms with Crippen LogP contribution in [0.1, 0.15) is 27.9 Å². The SMILES string of the molecule is CCNC(=NCc1cccc(Cn2cccn2)c1)NCCc1ncc(C)s1.I. The summed E-state index contributed by atoms with van der Waals surface area (Å²) in [5.74, 6) is 0.836. The molecule has 0 saturated heterocycles. The van der Waals surface area contributed by atoms with E-state index in [0.29, 0.717) is 6.54 Å². The van der Waals surface area contributed by atoms with Crippen molar-refractivity contribution in [2.45, 2.75) is 33.4 Å². The van der Waals surface area contributed by atoms with Gasteiger partial charge in [-0.25, -0.2) is 9.98 Å². The molecule has 2 N–H and O–H groups in total. The summed E-state index contributed by atoms with van der Waals surface area (Å²) in [6, 6.07) is 10.4. The van der Waals surface area contributed by atoms with E-state index in [-0.39, 0.29) is 24.0 Å². The van der Waals surface area contributed by atoms with Gasteiger partial charge in [-0.05, 0) is 31.0 Å². The number of aliphatic imine (C=N–C) groups is 1. The molecule has 28 heavy (non-hydrogen) atoms. The minimum atomic E-state index is 0. The zero-order chi connectivity index (χ0) is 18.9. The zero-order valence-corrected chi connectivity index (χ0v) is 19.4. The molecule has 0 amide bonds. The van der Waals surface area contributed by atoms with Crippen LogP contribution in [0.15, 0.2) is 53.9 Å². The topological polar surface area (TPSA) is 67.1 Å². The molecule has 0 spiro atoms. The minimum absolute atomic E-state index is 0. The van der Waals surface area contributed by atoms with Gasteiger partial charge in [-0.2, -0.15) is 5.10 Å². The van der Waals surface area contributed by atoms with Gasteiger partial charge in [-0.1, -0.05) is 24.3 Å². The average molecular weight is 510 g/mol. The van der Waals surface area contributed by atoms with E-state index in [1.54, 1.807) is 17.5 Å². The van der Waals surface area contributed by atoms with E-state index < -0.39 is 0 Å². The third-order valence-electron chi connectivity index (χ3n) is 3.96. The van der Waals surface area contributed by atoms with E-state index >= 15 is 0 Å². The van der Waals surface area contributed by atoms with Crippen molar-refractivity contribution in [2.75, 3.05) is 13.1 Å². The summed E-state index contributed by atoms with van der Waals surface area (Å²) < 4.78 is 1.92. The first-order chi connectivity index (χ1) is 13.2. The van der Waals surface area contributed by atoms with E-state index in [1.807, 2.05) is 23.1 Å². The molecule has 0 radical (unpaired) electrons. The van der Waals surface area contributed by atoms with E-state index in [4.69, 9.17) is 4.99 Å². The second kappa shape index (κ2) is 11.8. The van der Waals surface area contributed by atoms with Crippen molar-refractivity contribution in [3.05, 3.63) is 69.9 Å². The van der Waals surface area contributed by atoms with Crippen molar-refractivity contribution in [1.29, 1.82) is 0 Å². The zero-order valence-electron chi connectivity index (χ0n) is 16.3. The Morgan fingerprint density at radius 1 is 1.21 bits per heavy atom. The molecule has 0 atom stereocenters. The summed E-state index contributed by atoms with van der Waals surface area (Å²) in [5.41, 5.74) is 2.41. The van der Waals surface area contributed by atoms with Crippen LogP contribution < -0.4 is 10.6 Å². The van der Waals surface area contributed by atoms with E-state index in [1.165, 1.54) is 16.0 Å². The van der Waals surface area contributed by atoms with E-state index in [2.05, 4.69) is 58.8 Å². The van der Waals surface area contributed by atoms with E-state index in [9.17, 15) is 0 Å². The largest absolute Gasteiger partial charge is 0.357 e. The maximum Gasteiger partial charge on any atom is 0.191 e. The van der Waals surface area contributed by atoms with Crippen molar-refractivity contribution < 1.29 is 0 Å². The van der Waals surface area contributed by atoms with Gasteiger partial charge in [-0.15, -0.1) is 35.3 Å². The van der Waals surface area contributed by atoms with Crippen molar-refractivity contribution in [3.8, 4) is 0 Å². The second-order valence-corrected chi connectivity index (χ2v) is 7.58. The highest BCUT2D eigenvalue weighted by atomic mass is 127. The second-order valence-electron chi connectivity index (χ2n) is 6.26. The van der Waals surface area contributed by atoms with Gasteiger partial charge in [-0.3, -0.25) is 4.68 Å². The normalized spacial score (nSPS) is 11.1. The van der Waals surface area contributed by atoms with Gasteiger partial charge in [0.1, 0.15) is 0 Å². The predicted molar refractivity (Wildman–Crippen MR) is 127 cm³/mol. The highest BCUT2D eigenvalue weighted by Crippen LogP contribution is 2.11. The van der Waals surface area contributed by atoms with Gasteiger partial charge < -0.3 is 10.6 Å². The van der Waals surface area contributed by atoms with Crippen molar-refractivity contribution >= 4 is 41.3 Å². The molecule has 0 fully saturated rings. The first kappa shape index (κ1) is 22.4. The van der Waals surface area contributed by atoms with Crippen molar-refractivity contribution in [1.82, 2.24) is 25.4 Å². The molecule has 6 nitrogen and oxygen atoms in total. The third-order valence-corrected chi connectivity index (χ3v) is 4.93. The molecule has 0 bridgehead atoms. The van der Waals surface area contributed by atoms with Crippen molar-refractivity contribution in [3.63, 3.8) is 0 Å². The number of rotatable bonds is 8. The Morgan fingerprint density at radius 3 is 2.79 bits per heavy atom. The first-order valence-electron chi connectivity index (χ1n) is 9.21. The number of halogens is 1. The lowest BCUT2D eigenvalue weighted by atomic mass is 10.1. The van der Waals surface area contributed by atoms with Gasteiger partial charge in [0.2, 0.25) is 0 Å². The van der Waals surface area contributed by atoms with Crippen molar-refractivity contribution in [2.24, 2.45) is 4.99 Å². The van der Waals surface area contributed by atoms with Crippen LogP contribution in [0, 0.1) is 6.92 Å². The fourth-order valence-electron chi connectivity index (χ4n) is 2.72.